The fourth-order valence-corrected chi connectivity index (χ4v) is 11.2. The number of hydrazine groups is 1. The number of nitrogens with zero attached hydrogens (tertiary/aromatic N) is 7. The van der Waals surface area contributed by atoms with E-state index in [1.807, 2.05) is 50.4 Å². The number of rotatable bonds is 10. The van der Waals surface area contributed by atoms with E-state index in [1.165, 1.54) is 23.3 Å². The average molecular weight is 1030 g/mol. The van der Waals surface area contributed by atoms with E-state index < -0.39 is 72.0 Å². The molecule has 4 aromatic rings. The first-order chi connectivity index (χ1) is 34.8. The van der Waals surface area contributed by atoms with Crippen LogP contribution >= 0.6 is 11.3 Å². The highest BCUT2D eigenvalue weighted by atomic mass is 32.1. The maximum absolute atomic E-state index is 15.8. The van der Waals surface area contributed by atoms with Gasteiger partial charge in [-0.05, 0) is 68.4 Å². The molecule has 4 aliphatic rings. The number of amides is 4. The molecule has 8 rings (SSSR count). The molecule has 6 bridgehead atoms. The number of alkyl halides is 2. The number of pyridine rings is 1. The van der Waals surface area contributed by atoms with E-state index in [0.29, 0.717) is 56.4 Å². The first kappa shape index (κ1) is 53.4. The van der Waals surface area contributed by atoms with Crippen molar-refractivity contribution in [2.75, 3.05) is 73.2 Å². The van der Waals surface area contributed by atoms with Crippen molar-refractivity contribution in [3.05, 3.63) is 58.2 Å². The predicted molar refractivity (Wildman–Crippen MR) is 271 cm³/mol. The Kier molecular flexibility index (Phi) is 16.3. The number of hydrogen-bond donors (Lipinski definition) is 2. The van der Waals surface area contributed by atoms with Crippen molar-refractivity contribution < 1.29 is 47.0 Å². The molecule has 0 unspecified atom stereocenters. The zero-order valence-electron chi connectivity index (χ0n) is 43.0. The molecule has 4 aliphatic heterocycles. The maximum atomic E-state index is 15.8. The molecule has 17 nitrogen and oxygen atoms in total. The van der Waals surface area contributed by atoms with Gasteiger partial charge in [-0.25, -0.2) is 19.2 Å². The number of morpholine rings is 1. The predicted octanol–water partition coefficient (Wildman–Crippen LogP) is 5.11. The Morgan fingerprint density at radius 3 is 2.59 bits per heavy atom. The van der Waals surface area contributed by atoms with Crippen LogP contribution in [0.3, 0.4) is 0 Å². The lowest BCUT2D eigenvalue weighted by atomic mass is 9.84. The highest BCUT2D eigenvalue weighted by Gasteiger charge is 2.51. The van der Waals surface area contributed by atoms with E-state index in [2.05, 4.69) is 45.0 Å². The number of ether oxygens (including phenoxy) is 3. The van der Waals surface area contributed by atoms with Crippen molar-refractivity contribution in [3.63, 3.8) is 0 Å². The van der Waals surface area contributed by atoms with Gasteiger partial charge in [0, 0.05) is 105 Å². The molecule has 0 aliphatic carbocycles. The molecule has 7 heterocycles. The number of methoxy groups -OCH3 is 1. The monoisotopic (exact) mass is 1030 g/mol. The number of fused-ring (bicyclic) bond motifs is 6. The Balaban J connectivity index is 1.10. The van der Waals surface area contributed by atoms with Crippen LogP contribution in [0.15, 0.2) is 41.9 Å². The summed E-state index contributed by atoms with van der Waals surface area (Å²) >= 11 is 1.28. The number of hydrogen-bond acceptors (Lipinski definition) is 13. The van der Waals surface area contributed by atoms with Gasteiger partial charge in [0.2, 0.25) is 11.8 Å². The summed E-state index contributed by atoms with van der Waals surface area (Å²) < 4.78 is 50.8. The first-order valence-corrected chi connectivity index (χ1v) is 26.0. The summed E-state index contributed by atoms with van der Waals surface area (Å²) in [6, 6.07) is 5.37. The van der Waals surface area contributed by atoms with E-state index in [1.54, 1.807) is 32.1 Å². The van der Waals surface area contributed by atoms with Crippen LogP contribution in [0.25, 0.3) is 33.4 Å². The minimum absolute atomic E-state index is 0.132. The molecule has 0 radical (unpaired) electrons. The second-order valence-electron chi connectivity index (χ2n) is 20.6. The van der Waals surface area contributed by atoms with Gasteiger partial charge in [0.05, 0.1) is 60.5 Å². The van der Waals surface area contributed by atoms with Gasteiger partial charge < -0.3 is 33.9 Å². The van der Waals surface area contributed by atoms with Gasteiger partial charge in [-0.2, -0.15) is 0 Å². The maximum Gasteiger partial charge on any atom is 0.331 e. The summed E-state index contributed by atoms with van der Waals surface area (Å²) in [5.74, 6) is -2.32. The lowest BCUT2D eigenvalue weighted by Gasteiger charge is -2.40. The summed E-state index contributed by atoms with van der Waals surface area (Å²) in [7, 11) is 3.16. The van der Waals surface area contributed by atoms with Crippen LogP contribution in [0.5, 0.6) is 0 Å². The van der Waals surface area contributed by atoms with Gasteiger partial charge >= 0.3 is 5.97 Å². The molecule has 4 amide bonds. The van der Waals surface area contributed by atoms with Crippen molar-refractivity contribution in [1.29, 1.82) is 0 Å². The van der Waals surface area contributed by atoms with Crippen molar-refractivity contribution in [3.8, 4) is 34.4 Å². The summed E-state index contributed by atoms with van der Waals surface area (Å²) in [5, 5.41) is 7.11. The molecule has 5 atom stereocenters. The lowest BCUT2D eigenvalue weighted by Crippen LogP contribution is -2.67. The fraction of sp³-hybridized carbons (Fsp3) is 0.566. The number of nitrogens with one attached hydrogen (secondary N) is 2. The molecular formula is C53H67F2N9O8S. The average Bonchev–Trinajstić information content (AvgIpc) is 4.13. The van der Waals surface area contributed by atoms with Crippen molar-refractivity contribution >= 4 is 51.8 Å². The normalized spacial score (nSPS) is 22.3. The first-order valence-electron chi connectivity index (χ1n) is 25.2. The number of cyclic esters (lactones) is 1. The number of thiazole rings is 1. The number of aromatic nitrogens is 3. The zero-order chi connectivity index (χ0) is 52.4. The number of carbonyl (C=O) groups excluding carboxylic acids is 5. The quantitative estimate of drug-likeness (QED) is 0.159. The Labute approximate surface area is 429 Å². The minimum Gasteiger partial charge on any atom is -0.464 e. The number of benzene rings is 1. The van der Waals surface area contributed by atoms with Gasteiger partial charge in [0.1, 0.15) is 12.1 Å². The van der Waals surface area contributed by atoms with Crippen LogP contribution in [0.4, 0.5) is 8.78 Å². The number of likely N-dealkylation sites (tertiary alicyclic amines) is 1. The third-order valence-electron chi connectivity index (χ3n) is 14.4. The van der Waals surface area contributed by atoms with Gasteiger partial charge in [0.25, 0.3) is 17.7 Å². The number of aryl methyl sites for hydroxylation is 1. The van der Waals surface area contributed by atoms with Crippen molar-refractivity contribution in [2.45, 2.75) is 104 Å². The molecular weight excluding hydrogens is 961 g/mol. The summed E-state index contributed by atoms with van der Waals surface area (Å²) in [6.07, 6.45) is 1.16. The van der Waals surface area contributed by atoms with E-state index in [4.69, 9.17) is 24.2 Å². The highest BCUT2D eigenvalue weighted by molar-refractivity contribution is 7.10. The Bertz CT molecular complexity index is 2780. The Morgan fingerprint density at radius 2 is 1.86 bits per heavy atom. The molecule has 73 heavy (non-hydrogen) atoms. The highest BCUT2D eigenvalue weighted by Crippen LogP contribution is 2.42. The standard InChI is InChI=1S/C53H67F2N9O8S/c1-9-63-41-15-14-34-26-37(41)38(46(63)36-12-10-18-56-44(36)33(4)70-8)28-52(5,6)31-72-51(69)47-53(54,55)17-21-64(59-47)50(68)39(27-42-57-40(34)30-73-42)58-48(66)45(32(2)3)60(7)49(67)35-16-20-62(29-35)43(65)13-11-19-61-22-24-71-25-23-61/h10,12,14-15,18,26,30,32-33,35,39,45,47,59H,9,16-17,19-25,27-29,31H2,1-8H3,(H,58,66)/t33-,35-,39-,45-,47+/m0/s1. The van der Waals surface area contributed by atoms with E-state index >= 15 is 8.78 Å². The largest absolute Gasteiger partial charge is 0.464 e. The van der Waals surface area contributed by atoms with Crippen LogP contribution in [-0.4, -0.2) is 161 Å². The third-order valence-corrected chi connectivity index (χ3v) is 15.3. The Hall–Kier alpha value is -5.85. The lowest BCUT2D eigenvalue weighted by molar-refractivity contribution is -0.176. The van der Waals surface area contributed by atoms with Crippen LogP contribution < -0.4 is 10.7 Å². The van der Waals surface area contributed by atoms with Crippen LogP contribution in [-0.2, 0) is 57.6 Å². The minimum atomic E-state index is -3.59. The summed E-state index contributed by atoms with van der Waals surface area (Å²) in [5.41, 5.74) is 7.56. The molecule has 0 saturated carbocycles. The third kappa shape index (κ3) is 11.6. The number of likely N-dealkylation sites (N-methyl/N-ethyl adjacent to an activating group) is 1. The fourth-order valence-electron chi connectivity index (χ4n) is 10.4. The number of esters is 1. The van der Waals surface area contributed by atoms with Gasteiger partial charge in [-0.15, -0.1) is 11.3 Å². The van der Waals surface area contributed by atoms with Gasteiger partial charge in [-0.1, -0.05) is 39.7 Å². The van der Waals surface area contributed by atoms with Gasteiger partial charge in [-0.3, -0.25) is 38.9 Å². The summed E-state index contributed by atoms with van der Waals surface area (Å²) in [4.78, 5) is 85.1. The second-order valence-corrected chi connectivity index (χ2v) is 21.5. The molecule has 392 valence electrons. The van der Waals surface area contributed by atoms with E-state index in [9.17, 15) is 24.0 Å². The van der Waals surface area contributed by atoms with Crippen molar-refractivity contribution in [2.24, 2.45) is 17.3 Å². The Morgan fingerprint density at radius 1 is 1.10 bits per heavy atom. The topological polar surface area (TPSA) is 181 Å². The van der Waals surface area contributed by atoms with Gasteiger partial charge in [0.15, 0.2) is 6.04 Å². The molecule has 1 aromatic carbocycles. The van der Waals surface area contributed by atoms with Crippen LogP contribution in [0.1, 0.15) is 76.8 Å². The zero-order valence-corrected chi connectivity index (χ0v) is 43.8. The number of halogens is 2. The molecule has 20 heteroatoms. The number of carbonyl (C=O) groups is 5. The molecule has 0 spiro atoms. The van der Waals surface area contributed by atoms with E-state index in [0.717, 1.165) is 57.1 Å². The molecule has 2 N–H and O–H groups in total. The smallest absolute Gasteiger partial charge is 0.331 e. The van der Waals surface area contributed by atoms with Crippen LogP contribution in [0, 0.1) is 29.1 Å². The second kappa shape index (κ2) is 22.3. The van der Waals surface area contributed by atoms with E-state index in [-0.39, 0.29) is 37.5 Å². The van der Waals surface area contributed by atoms with Crippen molar-refractivity contribution in [1.82, 2.24) is 45.0 Å². The summed E-state index contributed by atoms with van der Waals surface area (Å²) in [6.45, 7) is 14.9. The molecule has 3 fully saturated rings. The molecule has 3 aromatic heterocycles. The SMILES string of the molecule is CCn1c(-c2cccnc2[C@H](C)OC)c2c3cc(ccc31)-c1csc(n1)C[C@H](NC(=O)[C@H](C(C)C)N(C)C(=O)[C@H]1CCN(C(=O)C#CCN3CCOCC3)C1)C(=O)N1CCC(F)(F)[C@H](N1)C(=O)OCC(C)(C)C2. The van der Waals surface area contributed by atoms with Crippen LogP contribution in [0.2, 0.25) is 0 Å². The molecule has 3 saturated heterocycles.